The van der Waals surface area contributed by atoms with Crippen LogP contribution in [0.5, 0.6) is 0 Å². The third-order valence-electron chi connectivity index (χ3n) is 4.75. The van der Waals surface area contributed by atoms with Crippen LogP contribution in [0, 0.1) is 0 Å². The molecule has 0 aliphatic heterocycles. The summed E-state index contributed by atoms with van der Waals surface area (Å²) in [6, 6.07) is 19.0. The summed E-state index contributed by atoms with van der Waals surface area (Å²) >= 11 is 0. The quantitative estimate of drug-likeness (QED) is 0.241. The van der Waals surface area contributed by atoms with Crippen molar-refractivity contribution in [1.29, 1.82) is 0 Å². The maximum Gasteiger partial charge on any atom is 0.151 e. The number of fused-ring (bicyclic) bond motifs is 2. The maximum atomic E-state index is 11.7. The fourth-order valence-electron chi connectivity index (χ4n) is 3.90. The molecule has 0 fully saturated rings. The Bertz CT molecular complexity index is 1070. The zero-order valence-corrected chi connectivity index (χ0v) is 11.4. The van der Waals surface area contributed by atoms with E-state index in [0.29, 0.717) is 0 Å². The summed E-state index contributed by atoms with van der Waals surface area (Å²) in [6.45, 7) is 0. The highest BCUT2D eigenvalue weighted by Crippen LogP contribution is 2.43. The van der Waals surface area contributed by atoms with E-state index in [1.165, 1.54) is 32.7 Å². The van der Waals surface area contributed by atoms with Gasteiger partial charge in [-0.2, -0.15) is 0 Å². The van der Waals surface area contributed by atoms with Crippen LogP contribution in [0.3, 0.4) is 0 Å². The first kappa shape index (κ1) is 11.0. The molecule has 0 heterocycles. The fourth-order valence-corrected chi connectivity index (χ4v) is 3.90. The molecule has 4 aromatic carbocycles. The lowest BCUT2D eigenvalue weighted by molar-refractivity contribution is 0.112. The molecule has 0 aromatic heterocycles. The number of carbonyl (C=O) groups excluding carboxylic acids is 1. The van der Waals surface area contributed by atoms with E-state index >= 15 is 0 Å². The lowest BCUT2D eigenvalue weighted by atomic mass is 9.92. The molecule has 0 amide bonds. The lowest BCUT2D eigenvalue weighted by Crippen LogP contribution is -1.91. The zero-order chi connectivity index (χ0) is 14.0. The minimum Gasteiger partial charge on any atom is -0.298 e. The van der Waals surface area contributed by atoms with Gasteiger partial charge >= 0.3 is 0 Å². The Morgan fingerprint density at radius 3 is 2.48 bits per heavy atom. The van der Waals surface area contributed by atoms with E-state index in [9.17, 15) is 4.79 Å². The van der Waals surface area contributed by atoms with Crippen LogP contribution < -0.4 is 0 Å². The molecule has 0 radical (unpaired) electrons. The van der Waals surface area contributed by atoms with E-state index < -0.39 is 0 Å². The zero-order valence-electron chi connectivity index (χ0n) is 11.4. The number of rotatable bonds is 1. The molecular weight excluding hydrogens is 256 g/mol. The fraction of sp³-hybridized carbons (Fsp3) is 0.0500. The van der Waals surface area contributed by atoms with Gasteiger partial charge in [-0.3, -0.25) is 4.79 Å². The topological polar surface area (TPSA) is 17.1 Å². The molecular formula is C20H12O. The Labute approximate surface area is 121 Å². The lowest BCUT2D eigenvalue weighted by Gasteiger charge is -2.10. The molecule has 0 unspecified atom stereocenters. The molecule has 0 bridgehead atoms. The van der Waals surface area contributed by atoms with Gasteiger partial charge in [0.2, 0.25) is 0 Å². The van der Waals surface area contributed by atoms with E-state index in [1.54, 1.807) is 0 Å². The van der Waals surface area contributed by atoms with Gasteiger partial charge in [0.1, 0.15) is 0 Å². The van der Waals surface area contributed by atoms with E-state index in [0.717, 1.165) is 29.0 Å². The van der Waals surface area contributed by atoms with E-state index in [2.05, 4.69) is 48.5 Å². The highest BCUT2D eigenvalue weighted by atomic mass is 16.1. The minimum atomic E-state index is 0.822. The first-order chi connectivity index (χ1) is 10.4. The summed E-state index contributed by atoms with van der Waals surface area (Å²) in [6.07, 6.45) is 1.97. The Hall–Kier alpha value is -2.67. The molecule has 21 heavy (non-hydrogen) atoms. The van der Waals surface area contributed by atoms with Gasteiger partial charge in [-0.1, -0.05) is 54.6 Å². The second kappa shape index (κ2) is 3.70. The van der Waals surface area contributed by atoms with Gasteiger partial charge in [0.25, 0.3) is 0 Å². The summed E-state index contributed by atoms with van der Waals surface area (Å²) < 4.78 is 0. The highest BCUT2D eigenvalue weighted by molar-refractivity contribution is 6.24. The highest BCUT2D eigenvalue weighted by Gasteiger charge is 2.21. The van der Waals surface area contributed by atoms with Crippen molar-refractivity contribution in [3.8, 4) is 0 Å². The molecule has 1 aliphatic rings. The van der Waals surface area contributed by atoms with E-state index in [4.69, 9.17) is 0 Å². The van der Waals surface area contributed by atoms with Crippen molar-refractivity contribution in [2.24, 2.45) is 0 Å². The summed E-state index contributed by atoms with van der Waals surface area (Å²) in [5.41, 5.74) is 3.57. The van der Waals surface area contributed by atoms with Gasteiger partial charge in [-0.15, -0.1) is 0 Å². The number of aldehydes is 1. The number of benzene rings is 4. The van der Waals surface area contributed by atoms with Gasteiger partial charge in [0.05, 0.1) is 0 Å². The van der Waals surface area contributed by atoms with Crippen molar-refractivity contribution in [1.82, 2.24) is 0 Å². The summed E-state index contributed by atoms with van der Waals surface area (Å²) in [5.74, 6) is 0. The molecule has 0 saturated heterocycles. The normalized spacial score (nSPS) is 12.8. The SMILES string of the molecule is O=Cc1c2ccccc2c2c3c1ccc1cccc(c13)C2. The van der Waals surface area contributed by atoms with Crippen molar-refractivity contribution < 1.29 is 4.79 Å². The largest absolute Gasteiger partial charge is 0.298 e. The van der Waals surface area contributed by atoms with Crippen molar-refractivity contribution in [3.05, 3.63) is 71.3 Å². The summed E-state index contributed by atoms with van der Waals surface area (Å²) in [7, 11) is 0. The van der Waals surface area contributed by atoms with Crippen LogP contribution in [0.4, 0.5) is 0 Å². The van der Waals surface area contributed by atoms with Crippen LogP contribution in [0.15, 0.2) is 54.6 Å². The molecule has 98 valence electrons. The molecule has 0 spiro atoms. The smallest absolute Gasteiger partial charge is 0.151 e. The second-order valence-corrected chi connectivity index (χ2v) is 5.74. The maximum absolute atomic E-state index is 11.7. The van der Waals surface area contributed by atoms with Gasteiger partial charge in [-0.25, -0.2) is 0 Å². The predicted molar refractivity (Wildman–Crippen MR) is 87.2 cm³/mol. The monoisotopic (exact) mass is 268 g/mol. The Morgan fingerprint density at radius 2 is 1.62 bits per heavy atom. The van der Waals surface area contributed by atoms with Crippen LogP contribution in [-0.4, -0.2) is 6.29 Å². The molecule has 0 saturated carbocycles. The van der Waals surface area contributed by atoms with Crippen LogP contribution in [0.2, 0.25) is 0 Å². The Balaban J connectivity index is 2.18. The number of hydrogen-bond donors (Lipinski definition) is 0. The van der Waals surface area contributed by atoms with Gasteiger partial charge < -0.3 is 0 Å². The van der Waals surface area contributed by atoms with Gasteiger partial charge in [0, 0.05) is 5.56 Å². The molecule has 0 N–H and O–H groups in total. The van der Waals surface area contributed by atoms with Gasteiger partial charge in [-0.05, 0) is 49.9 Å². The minimum absolute atomic E-state index is 0.822. The predicted octanol–water partition coefficient (Wildman–Crippen LogP) is 4.86. The van der Waals surface area contributed by atoms with Crippen LogP contribution >= 0.6 is 0 Å². The molecule has 5 rings (SSSR count). The summed E-state index contributed by atoms with van der Waals surface area (Å²) in [4.78, 5) is 11.7. The Kier molecular flexibility index (Phi) is 1.95. The average molecular weight is 268 g/mol. The van der Waals surface area contributed by atoms with Crippen molar-refractivity contribution >= 4 is 38.6 Å². The molecule has 1 aliphatic carbocycles. The molecule has 0 atom stereocenters. The van der Waals surface area contributed by atoms with Crippen molar-refractivity contribution in [2.75, 3.05) is 0 Å². The van der Waals surface area contributed by atoms with Crippen LogP contribution in [-0.2, 0) is 6.42 Å². The van der Waals surface area contributed by atoms with E-state index in [1.807, 2.05) is 6.07 Å². The van der Waals surface area contributed by atoms with Gasteiger partial charge in [0.15, 0.2) is 6.29 Å². The number of hydrogen-bond acceptors (Lipinski definition) is 1. The second-order valence-electron chi connectivity index (χ2n) is 5.74. The van der Waals surface area contributed by atoms with Crippen molar-refractivity contribution in [3.63, 3.8) is 0 Å². The molecule has 1 heteroatoms. The van der Waals surface area contributed by atoms with Crippen molar-refractivity contribution in [2.45, 2.75) is 6.42 Å². The average Bonchev–Trinajstić information content (AvgIpc) is 2.93. The molecule has 4 aromatic rings. The van der Waals surface area contributed by atoms with Crippen LogP contribution in [0.25, 0.3) is 32.3 Å². The Morgan fingerprint density at radius 1 is 0.762 bits per heavy atom. The third-order valence-corrected chi connectivity index (χ3v) is 4.75. The first-order valence-electron chi connectivity index (χ1n) is 7.21. The third kappa shape index (κ3) is 1.24. The van der Waals surface area contributed by atoms with Crippen LogP contribution in [0.1, 0.15) is 21.5 Å². The summed E-state index contributed by atoms with van der Waals surface area (Å²) in [5, 5.41) is 7.27. The number of carbonyl (C=O) groups is 1. The molecule has 1 nitrogen and oxygen atoms in total. The van der Waals surface area contributed by atoms with E-state index in [-0.39, 0.29) is 0 Å². The standard InChI is InChI=1S/C20H12O/c21-11-18-15-7-2-1-6-14(15)17-10-13-5-3-4-12-8-9-16(18)20(17)19(12)13/h1-9,11H,10H2. The first-order valence-corrected chi connectivity index (χ1v) is 7.21.